The van der Waals surface area contributed by atoms with Crippen molar-refractivity contribution in [1.82, 2.24) is 4.98 Å². The van der Waals surface area contributed by atoms with Gasteiger partial charge < -0.3 is 10.2 Å². The number of carboxylic acid groups (broad SMARTS) is 2. The number of carboxylic acids is 2. The van der Waals surface area contributed by atoms with Gasteiger partial charge in [0.25, 0.3) is 0 Å². The standard InChI is InChI=1S/C14H12FNO4/c1-8-10(12(17)18)2-3-11(15)14(8,13(19)20)9-4-6-16-7-5-9/h2-8H,1H3,(H,17,18)(H,19,20). The molecule has 1 aliphatic rings. The lowest BCUT2D eigenvalue weighted by molar-refractivity contribution is -0.145. The molecule has 0 saturated heterocycles. The second-order valence-electron chi connectivity index (χ2n) is 4.51. The van der Waals surface area contributed by atoms with Crippen LogP contribution < -0.4 is 0 Å². The molecule has 2 rings (SSSR count). The molecule has 0 fully saturated rings. The van der Waals surface area contributed by atoms with E-state index in [0.29, 0.717) is 0 Å². The Morgan fingerprint density at radius 2 is 1.85 bits per heavy atom. The molecule has 0 amide bonds. The van der Waals surface area contributed by atoms with Gasteiger partial charge in [-0.25, -0.2) is 9.18 Å². The zero-order valence-electron chi connectivity index (χ0n) is 10.6. The topological polar surface area (TPSA) is 87.5 Å². The fraction of sp³-hybridized carbons (Fsp3) is 0.214. The normalized spacial score (nSPS) is 25.6. The lowest BCUT2D eigenvalue weighted by Gasteiger charge is -2.36. The third kappa shape index (κ3) is 1.80. The Morgan fingerprint density at radius 1 is 1.25 bits per heavy atom. The van der Waals surface area contributed by atoms with Crippen LogP contribution in [0.1, 0.15) is 12.5 Å². The molecule has 0 spiro atoms. The van der Waals surface area contributed by atoms with Crippen LogP contribution in [0.4, 0.5) is 4.39 Å². The number of carbonyl (C=O) groups is 2. The first-order chi connectivity index (χ1) is 9.42. The monoisotopic (exact) mass is 277 g/mol. The average molecular weight is 277 g/mol. The maximum atomic E-state index is 14.3. The van der Waals surface area contributed by atoms with Gasteiger partial charge in [-0.3, -0.25) is 9.78 Å². The molecule has 1 aliphatic carbocycles. The molecule has 0 saturated carbocycles. The first-order valence-corrected chi connectivity index (χ1v) is 5.87. The molecule has 2 unspecified atom stereocenters. The van der Waals surface area contributed by atoms with Gasteiger partial charge in [0.05, 0.1) is 0 Å². The van der Waals surface area contributed by atoms with Gasteiger partial charge in [0.2, 0.25) is 0 Å². The van der Waals surface area contributed by atoms with Crippen LogP contribution in [0, 0.1) is 5.92 Å². The van der Waals surface area contributed by atoms with Crippen molar-refractivity contribution in [1.29, 1.82) is 0 Å². The van der Waals surface area contributed by atoms with E-state index < -0.39 is 29.1 Å². The Hall–Kier alpha value is -2.50. The summed E-state index contributed by atoms with van der Waals surface area (Å²) in [5.41, 5.74) is -2.02. The quantitative estimate of drug-likeness (QED) is 0.881. The molecule has 1 aromatic rings. The van der Waals surface area contributed by atoms with E-state index in [1.165, 1.54) is 31.5 Å². The highest BCUT2D eigenvalue weighted by molar-refractivity contribution is 5.94. The highest BCUT2D eigenvalue weighted by Crippen LogP contribution is 2.46. The predicted octanol–water partition coefficient (Wildman–Crippen LogP) is 1.92. The fourth-order valence-electron chi connectivity index (χ4n) is 2.55. The summed E-state index contributed by atoms with van der Waals surface area (Å²) in [6.07, 6.45) is 4.69. The number of nitrogens with zero attached hydrogens (tertiary/aromatic N) is 1. The first-order valence-electron chi connectivity index (χ1n) is 5.87. The van der Waals surface area contributed by atoms with Gasteiger partial charge in [-0.15, -0.1) is 0 Å². The number of hydrogen-bond donors (Lipinski definition) is 2. The van der Waals surface area contributed by atoms with Crippen molar-refractivity contribution < 1.29 is 24.2 Å². The van der Waals surface area contributed by atoms with Gasteiger partial charge in [0, 0.05) is 23.9 Å². The van der Waals surface area contributed by atoms with Crippen LogP contribution in [0.3, 0.4) is 0 Å². The molecule has 6 heteroatoms. The number of rotatable bonds is 3. The SMILES string of the molecule is CC1C(C(=O)O)=CC=C(F)C1(C(=O)O)c1ccncc1. The lowest BCUT2D eigenvalue weighted by atomic mass is 9.65. The van der Waals surface area contributed by atoms with E-state index in [1.807, 2.05) is 0 Å². The molecule has 2 N–H and O–H groups in total. The van der Waals surface area contributed by atoms with Crippen LogP contribution in [-0.2, 0) is 15.0 Å². The van der Waals surface area contributed by atoms with Crippen molar-refractivity contribution in [2.75, 3.05) is 0 Å². The second kappa shape index (κ2) is 4.88. The summed E-state index contributed by atoms with van der Waals surface area (Å²) in [5, 5.41) is 18.7. The van der Waals surface area contributed by atoms with E-state index in [9.17, 15) is 19.1 Å². The number of hydrogen-bond acceptors (Lipinski definition) is 3. The number of pyridine rings is 1. The van der Waals surface area contributed by atoms with E-state index in [1.54, 1.807) is 0 Å². The van der Waals surface area contributed by atoms with Gasteiger partial charge in [-0.1, -0.05) is 6.92 Å². The van der Waals surface area contributed by atoms with Gasteiger partial charge in [-0.2, -0.15) is 0 Å². The molecule has 0 aliphatic heterocycles. The fourth-order valence-corrected chi connectivity index (χ4v) is 2.55. The second-order valence-corrected chi connectivity index (χ2v) is 4.51. The molecule has 20 heavy (non-hydrogen) atoms. The van der Waals surface area contributed by atoms with E-state index in [-0.39, 0.29) is 11.1 Å². The summed E-state index contributed by atoms with van der Waals surface area (Å²) in [6, 6.07) is 2.76. The summed E-state index contributed by atoms with van der Waals surface area (Å²) in [5.74, 6) is -4.64. The third-order valence-electron chi connectivity index (χ3n) is 3.62. The smallest absolute Gasteiger partial charge is 0.331 e. The molecule has 1 aromatic heterocycles. The zero-order valence-corrected chi connectivity index (χ0v) is 10.6. The Balaban J connectivity index is 2.71. The number of allylic oxidation sites excluding steroid dienone is 2. The van der Waals surface area contributed by atoms with Crippen molar-refractivity contribution in [3.8, 4) is 0 Å². The molecule has 0 radical (unpaired) electrons. The van der Waals surface area contributed by atoms with Crippen molar-refractivity contribution >= 4 is 11.9 Å². The van der Waals surface area contributed by atoms with Crippen LogP contribution in [0.2, 0.25) is 0 Å². The average Bonchev–Trinajstić information content (AvgIpc) is 2.39. The van der Waals surface area contributed by atoms with Gasteiger partial charge in [0.1, 0.15) is 5.83 Å². The number of aliphatic carboxylic acids is 2. The Labute approximate surface area is 114 Å². The van der Waals surface area contributed by atoms with E-state index >= 15 is 0 Å². The van der Waals surface area contributed by atoms with Crippen molar-refractivity contribution in [3.05, 3.63) is 53.6 Å². The largest absolute Gasteiger partial charge is 0.480 e. The Kier molecular flexibility index (Phi) is 3.40. The predicted molar refractivity (Wildman–Crippen MR) is 67.6 cm³/mol. The molecular weight excluding hydrogens is 265 g/mol. The van der Waals surface area contributed by atoms with Gasteiger partial charge in [0.15, 0.2) is 5.41 Å². The van der Waals surface area contributed by atoms with Gasteiger partial charge in [-0.05, 0) is 29.8 Å². The van der Waals surface area contributed by atoms with E-state index in [4.69, 9.17) is 5.11 Å². The van der Waals surface area contributed by atoms with Crippen molar-refractivity contribution in [2.24, 2.45) is 5.92 Å². The first kappa shape index (κ1) is 13.9. The summed E-state index contributed by atoms with van der Waals surface area (Å²) < 4.78 is 14.3. The van der Waals surface area contributed by atoms with Crippen molar-refractivity contribution in [2.45, 2.75) is 12.3 Å². The molecule has 5 nitrogen and oxygen atoms in total. The lowest BCUT2D eigenvalue weighted by Crippen LogP contribution is -2.46. The number of aromatic nitrogens is 1. The Bertz CT molecular complexity index is 623. The molecular formula is C14H12FNO4. The van der Waals surface area contributed by atoms with Crippen LogP contribution in [0.15, 0.2) is 48.1 Å². The van der Waals surface area contributed by atoms with E-state index in [2.05, 4.69) is 4.98 Å². The minimum absolute atomic E-state index is 0.148. The highest BCUT2D eigenvalue weighted by Gasteiger charge is 2.53. The summed E-state index contributed by atoms with van der Waals surface area (Å²) in [4.78, 5) is 26.7. The minimum atomic E-state index is -2.04. The molecule has 0 bridgehead atoms. The maximum Gasteiger partial charge on any atom is 0.331 e. The van der Waals surface area contributed by atoms with Crippen LogP contribution >= 0.6 is 0 Å². The van der Waals surface area contributed by atoms with Gasteiger partial charge >= 0.3 is 11.9 Å². The van der Waals surface area contributed by atoms with E-state index in [0.717, 1.165) is 12.2 Å². The van der Waals surface area contributed by atoms with Crippen LogP contribution in [0.25, 0.3) is 0 Å². The zero-order chi connectivity index (χ0) is 14.9. The molecule has 1 heterocycles. The summed E-state index contributed by atoms with van der Waals surface area (Å²) in [7, 11) is 0. The summed E-state index contributed by atoms with van der Waals surface area (Å²) >= 11 is 0. The maximum absolute atomic E-state index is 14.3. The van der Waals surface area contributed by atoms with Crippen LogP contribution in [0.5, 0.6) is 0 Å². The minimum Gasteiger partial charge on any atom is -0.480 e. The Morgan fingerprint density at radius 3 is 2.35 bits per heavy atom. The highest BCUT2D eigenvalue weighted by atomic mass is 19.1. The molecule has 0 aromatic carbocycles. The number of halogens is 1. The van der Waals surface area contributed by atoms with Crippen LogP contribution in [-0.4, -0.2) is 27.1 Å². The molecule has 2 atom stereocenters. The third-order valence-corrected chi connectivity index (χ3v) is 3.62. The summed E-state index contributed by atoms with van der Waals surface area (Å²) in [6.45, 7) is 1.39. The molecule has 104 valence electrons. The van der Waals surface area contributed by atoms with Crippen molar-refractivity contribution in [3.63, 3.8) is 0 Å².